The molecule has 3 rings (SSSR count). The fraction of sp³-hybridized carbons (Fsp3) is 0.316. The van der Waals surface area contributed by atoms with E-state index in [1.54, 1.807) is 6.07 Å². The van der Waals surface area contributed by atoms with Crippen LogP contribution < -0.4 is 15.4 Å². The fourth-order valence-corrected chi connectivity index (χ4v) is 3.81. The molecule has 0 atom stereocenters. The fourth-order valence-electron chi connectivity index (χ4n) is 2.68. The van der Waals surface area contributed by atoms with Gasteiger partial charge in [0.1, 0.15) is 0 Å². The highest BCUT2D eigenvalue weighted by molar-refractivity contribution is 7.92. The molecule has 6 nitrogen and oxygen atoms in total. The van der Waals surface area contributed by atoms with E-state index in [4.69, 9.17) is 0 Å². The summed E-state index contributed by atoms with van der Waals surface area (Å²) in [6, 6.07) is 11.4. The molecule has 0 radical (unpaired) electrons. The minimum absolute atomic E-state index is 0. The van der Waals surface area contributed by atoms with Crippen molar-refractivity contribution >= 4 is 34.0 Å². The Hall–Kier alpha value is -2.09. The van der Waals surface area contributed by atoms with Crippen molar-refractivity contribution < 1.29 is 13.2 Å². The Bertz CT molecular complexity index is 910. The van der Waals surface area contributed by atoms with E-state index < -0.39 is 10.0 Å². The van der Waals surface area contributed by atoms with E-state index in [1.807, 2.05) is 26.0 Å². The molecule has 1 saturated heterocycles. The number of rotatable bonds is 6. The highest BCUT2D eigenvalue weighted by atomic mass is 35.5. The molecular formula is C19H24ClN3O3S. The second-order valence-electron chi connectivity index (χ2n) is 6.61. The molecule has 0 saturated carbocycles. The van der Waals surface area contributed by atoms with Crippen LogP contribution in [0.4, 0.5) is 5.69 Å². The summed E-state index contributed by atoms with van der Waals surface area (Å²) >= 11 is 0. The number of hydrogen-bond acceptors (Lipinski definition) is 4. The van der Waals surface area contributed by atoms with Crippen LogP contribution in [0.25, 0.3) is 0 Å². The maximum Gasteiger partial charge on any atom is 0.261 e. The summed E-state index contributed by atoms with van der Waals surface area (Å²) in [5, 5.41) is 6.02. The van der Waals surface area contributed by atoms with Gasteiger partial charge < -0.3 is 10.6 Å². The van der Waals surface area contributed by atoms with Crippen LogP contribution in [0.15, 0.2) is 47.4 Å². The SMILES string of the molecule is Cc1cccc(NS(=O)(=O)c2ccc(C(=O)NCC3CNC3)cc2)c1C.Cl. The molecule has 0 unspecified atom stereocenters. The predicted molar refractivity (Wildman–Crippen MR) is 109 cm³/mol. The van der Waals surface area contributed by atoms with Gasteiger partial charge in [0.15, 0.2) is 0 Å². The number of anilines is 1. The van der Waals surface area contributed by atoms with Crippen molar-refractivity contribution in [3.8, 4) is 0 Å². The van der Waals surface area contributed by atoms with Crippen molar-refractivity contribution in [3.05, 3.63) is 59.2 Å². The summed E-state index contributed by atoms with van der Waals surface area (Å²) in [5.41, 5.74) is 2.90. The van der Waals surface area contributed by atoms with E-state index in [9.17, 15) is 13.2 Å². The van der Waals surface area contributed by atoms with E-state index in [0.29, 0.717) is 23.7 Å². The summed E-state index contributed by atoms with van der Waals surface area (Å²) in [7, 11) is -3.71. The molecule has 1 fully saturated rings. The Labute approximate surface area is 166 Å². The van der Waals surface area contributed by atoms with Gasteiger partial charge in [0.25, 0.3) is 15.9 Å². The largest absolute Gasteiger partial charge is 0.352 e. The number of benzene rings is 2. The lowest BCUT2D eigenvalue weighted by Gasteiger charge is -2.27. The van der Waals surface area contributed by atoms with Crippen LogP contribution in [0.1, 0.15) is 21.5 Å². The van der Waals surface area contributed by atoms with Gasteiger partial charge in [-0.25, -0.2) is 8.42 Å². The van der Waals surface area contributed by atoms with Crippen molar-refractivity contribution in [3.63, 3.8) is 0 Å². The third-order valence-electron chi connectivity index (χ3n) is 4.69. The highest BCUT2D eigenvalue weighted by Crippen LogP contribution is 2.22. The van der Waals surface area contributed by atoms with Gasteiger partial charge in [-0.1, -0.05) is 12.1 Å². The third kappa shape index (κ3) is 5.00. The zero-order valence-electron chi connectivity index (χ0n) is 15.3. The predicted octanol–water partition coefficient (Wildman–Crippen LogP) is 2.48. The maximum absolute atomic E-state index is 12.6. The van der Waals surface area contributed by atoms with E-state index in [-0.39, 0.29) is 23.2 Å². The first-order valence-electron chi connectivity index (χ1n) is 8.55. The van der Waals surface area contributed by atoms with Crippen LogP contribution in [-0.2, 0) is 10.0 Å². The molecule has 2 aromatic rings. The van der Waals surface area contributed by atoms with Crippen LogP contribution in [0.3, 0.4) is 0 Å². The Kier molecular flexibility index (Phi) is 6.86. The second kappa shape index (κ2) is 8.73. The third-order valence-corrected chi connectivity index (χ3v) is 6.07. The summed E-state index contributed by atoms with van der Waals surface area (Å²) in [6.45, 7) is 6.27. The zero-order chi connectivity index (χ0) is 18.7. The van der Waals surface area contributed by atoms with Crippen LogP contribution in [0, 0.1) is 19.8 Å². The Balaban J connectivity index is 0.00000261. The summed E-state index contributed by atoms with van der Waals surface area (Å²) in [5.74, 6) is 0.281. The monoisotopic (exact) mass is 409 g/mol. The first-order valence-corrected chi connectivity index (χ1v) is 10.0. The minimum atomic E-state index is -3.71. The number of nitrogens with one attached hydrogen (secondary N) is 3. The molecule has 1 heterocycles. The van der Waals surface area contributed by atoms with Crippen LogP contribution >= 0.6 is 12.4 Å². The topological polar surface area (TPSA) is 87.3 Å². The molecule has 3 N–H and O–H groups in total. The van der Waals surface area contributed by atoms with Crippen LogP contribution in [-0.4, -0.2) is 34.0 Å². The summed E-state index contributed by atoms with van der Waals surface area (Å²) in [6.07, 6.45) is 0. The maximum atomic E-state index is 12.6. The smallest absolute Gasteiger partial charge is 0.261 e. The Morgan fingerprint density at radius 2 is 1.78 bits per heavy atom. The molecule has 27 heavy (non-hydrogen) atoms. The van der Waals surface area contributed by atoms with Gasteiger partial charge >= 0.3 is 0 Å². The second-order valence-corrected chi connectivity index (χ2v) is 8.29. The molecule has 0 spiro atoms. The molecule has 1 aliphatic heterocycles. The molecule has 1 amide bonds. The average molecular weight is 410 g/mol. The quantitative estimate of drug-likeness (QED) is 0.684. The molecule has 0 aromatic heterocycles. The standard InChI is InChI=1S/C19H23N3O3S.ClH/c1-13-4-3-5-18(14(13)2)22-26(24,25)17-8-6-16(7-9-17)19(23)21-12-15-10-20-11-15;/h3-9,15,20,22H,10-12H2,1-2H3,(H,21,23);1H. The summed E-state index contributed by atoms with van der Waals surface area (Å²) in [4.78, 5) is 12.2. The molecule has 146 valence electrons. The van der Waals surface area contributed by atoms with Gasteiger partial charge in [-0.2, -0.15) is 0 Å². The number of carbonyl (C=O) groups is 1. The number of hydrogen-bond donors (Lipinski definition) is 3. The number of carbonyl (C=O) groups excluding carboxylic acids is 1. The van der Waals surface area contributed by atoms with Crippen LogP contribution in [0.5, 0.6) is 0 Å². The molecule has 0 aliphatic carbocycles. The van der Waals surface area contributed by atoms with E-state index >= 15 is 0 Å². The van der Waals surface area contributed by atoms with Gasteiger partial charge in [0, 0.05) is 31.1 Å². The van der Waals surface area contributed by atoms with Gasteiger partial charge in [-0.3, -0.25) is 9.52 Å². The van der Waals surface area contributed by atoms with Gasteiger partial charge in [0.2, 0.25) is 0 Å². The number of amides is 1. The van der Waals surface area contributed by atoms with E-state index in [2.05, 4.69) is 15.4 Å². The first kappa shape index (κ1) is 21.2. The lowest BCUT2D eigenvalue weighted by molar-refractivity contribution is 0.0942. The number of sulfonamides is 1. The molecular weight excluding hydrogens is 386 g/mol. The first-order chi connectivity index (χ1) is 12.4. The van der Waals surface area contributed by atoms with E-state index in [1.165, 1.54) is 24.3 Å². The van der Waals surface area contributed by atoms with Gasteiger partial charge in [-0.15, -0.1) is 12.4 Å². The minimum Gasteiger partial charge on any atom is -0.352 e. The Morgan fingerprint density at radius 3 is 2.37 bits per heavy atom. The van der Waals surface area contributed by atoms with Crippen molar-refractivity contribution in [1.82, 2.24) is 10.6 Å². The van der Waals surface area contributed by atoms with Crippen molar-refractivity contribution in [2.24, 2.45) is 5.92 Å². The van der Waals surface area contributed by atoms with E-state index in [0.717, 1.165) is 24.2 Å². The molecule has 8 heteroatoms. The number of aryl methyl sites for hydroxylation is 1. The lowest BCUT2D eigenvalue weighted by atomic mass is 10.0. The van der Waals surface area contributed by atoms with Crippen molar-refractivity contribution in [1.29, 1.82) is 0 Å². The number of halogens is 1. The zero-order valence-corrected chi connectivity index (χ0v) is 16.9. The average Bonchev–Trinajstić information content (AvgIpc) is 2.57. The van der Waals surface area contributed by atoms with Gasteiger partial charge in [0.05, 0.1) is 10.6 Å². The van der Waals surface area contributed by atoms with Crippen molar-refractivity contribution in [2.75, 3.05) is 24.4 Å². The normalized spacial score (nSPS) is 14.0. The molecule has 2 aromatic carbocycles. The molecule has 0 bridgehead atoms. The van der Waals surface area contributed by atoms with Gasteiger partial charge in [-0.05, 0) is 55.3 Å². The van der Waals surface area contributed by atoms with Crippen molar-refractivity contribution in [2.45, 2.75) is 18.7 Å². The lowest BCUT2D eigenvalue weighted by Crippen LogP contribution is -2.48. The summed E-state index contributed by atoms with van der Waals surface area (Å²) < 4.78 is 27.8. The molecule has 1 aliphatic rings. The van der Waals surface area contributed by atoms with Crippen LogP contribution in [0.2, 0.25) is 0 Å². The Morgan fingerprint density at radius 1 is 1.11 bits per heavy atom. The highest BCUT2D eigenvalue weighted by Gasteiger charge is 2.19.